The van der Waals surface area contributed by atoms with E-state index >= 15 is 0 Å². The van der Waals surface area contributed by atoms with E-state index in [1.165, 1.54) is 15.5 Å². The molecule has 0 aliphatic carbocycles. The highest BCUT2D eigenvalue weighted by molar-refractivity contribution is 5.76. The summed E-state index contributed by atoms with van der Waals surface area (Å²) < 4.78 is 2.94. The van der Waals surface area contributed by atoms with Crippen LogP contribution in [0.4, 0.5) is 17.2 Å². The Morgan fingerprint density at radius 3 is 2.79 bits per heavy atom. The molecule has 0 bridgehead atoms. The van der Waals surface area contributed by atoms with Gasteiger partial charge in [-0.3, -0.25) is 0 Å². The fourth-order valence-corrected chi connectivity index (χ4v) is 2.94. The van der Waals surface area contributed by atoms with E-state index in [0.29, 0.717) is 28.8 Å². The second-order valence-corrected chi connectivity index (χ2v) is 6.14. The van der Waals surface area contributed by atoms with Crippen LogP contribution in [-0.2, 0) is 0 Å². The summed E-state index contributed by atoms with van der Waals surface area (Å²) in [5.74, 6) is 1.46. The predicted molar refractivity (Wildman–Crippen MR) is 100 cm³/mol. The number of aryl methyl sites for hydroxylation is 2. The molecule has 11 nitrogen and oxygen atoms in total. The highest BCUT2D eigenvalue weighted by atomic mass is 15.5. The van der Waals surface area contributed by atoms with E-state index in [0.717, 1.165) is 11.0 Å². The molecule has 0 aliphatic heterocycles. The number of para-hydroxylation sites is 2. The van der Waals surface area contributed by atoms with Crippen LogP contribution in [-0.4, -0.2) is 39.6 Å². The third-order valence-electron chi connectivity index (χ3n) is 4.22. The highest BCUT2D eigenvalue weighted by Crippen LogP contribution is 2.33. The normalized spacial score (nSPS) is 11.8. The predicted octanol–water partition coefficient (Wildman–Crippen LogP) is 3.70. The number of H-pyrrole nitrogens is 2. The van der Waals surface area contributed by atoms with Gasteiger partial charge in [-0.2, -0.15) is 14.9 Å². The Morgan fingerprint density at radius 2 is 1.96 bits per heavy atom. The van der Waals surface area contributed by atoms with Gasteiger partial charge in [0.2, 0.25) is 5.95 Å². The van der Waals surface area contributed by atoms with Crippen molar-refractivity contribution in [2.24, 2.45) is 10.2 Å². The number of fused-ring (bicyclic) bond motifs is 2. The molecule has 1 aromatic carbocycles. The molecule has 0 saturated heterocycles. The molecule has 4 heterocycles. The summed E-state index contributed by atoms with van der Waals surface area (Å²) in [4.78, 5) is 14.3. The maximum absolute atomic E-state index is 7.40. The summed E-state index contributed by atoms with van der Waals surface area (Å²) in [5.41, 5.74) is 3.78. The minimum absolute atomic E-state index is 0.270. The fraction of sp³-hybridized carbons (Fsp3) is 0.118. The first-order chi connectivity index (χ1) is 13.6. The molecule has 0 atom stereocenters. The van der Waals surface area contributed by atoms with Gasteiger partial charge in [0.15, 0.2) is 17.2 Å². The maximum Gasteiger partial charge on any atom is 0.252 e. The van der Waals surface area contributed by atoms with E-state index < -0.39 is 0 Å². The molecule has 5 rings (SSSR count). The van der Waals surface area contributed by atoms with Gasteiger partial charge in [-0.1, -0.05) is 12.1 Å². The van der Waals surface area contributed by atoms with Crippen LogP contribution in [0.3, 0.4) is 0 Å². The zero-order valence-electron chi connectivity index (χ0n) is 14.9. The first-order valence-corrected chi connectivity index (χ1v) is 8.38. The number of imidazole rings is 1. The van der Waals surface area contributed by atoms with Crippen LogP contribution in [0.1, 0.15) is 11.5 Å². The van der Waals surface area contributed by atoms with Crippen molar-refractivity contribution in [2.45, 2.75) is 13.8 Å². The number of azo groups is 1. The van der Waals surface area contributed by atoms with Crippen molar-refractivity contribution < 1.29 is 0 Å². The lowest BCUT2D eigenvalue weighted by atomic mass is 10.3. The van der Waals surface area contributed by atoms with E-state index in [-0.39, 0.29) is 11.5 Å². The Kier molecular flexibility index (Phi) is 3.32. The molecule has 0 radical (unpaired) electrons. The SMILES string of the molecule is [C-]#[N+]c1cnn(-c2nc3ccccc3[nH]2)c1/N=N/c1c(C)nn2nc(C)[nH]c12. The van der Waals surface area contributed by atoms with Gasteiger partial charge in [0.1, 0.15) is 5.82 Å². The van der Waals surface area contributed by atoms with Gasteiger partial charge >= 0.3 is 0 Å². The van der Waals surface area contributed by atoms with Gasteiger partial charge in [0.25, 0.3) is 5.69 Å². The Labute approximate surface area is 157 Å². The maximum atomic E-state index is 7.40. The standard InChI is InChI=1S/C17H13N11/c1-9-14(16-20-10(2)26-28(16)25-9)23-24-15-13(18-3)8-19-27(15)17-21-11-6-4-5-7-12(11)22-17/h4-8H,1-2H3,(H,20,26)(H,21,22)/b24-23+. The summed E-state index contributed by atoms with van der Waals surface area (Å²) in [6.45, 7) is 11.1. The van der Waals surface area contributed by atoms with Crippen molar-refractivity contribution in [3.63, 3.8) is 0 Å². The zero-order valence-corrected chi connectivity index (χ0v) is 14.9. The molecule has 0 unspecified atom stereocenters. The first kappa shape index (κ1) is 15.9. The lowest BCUT2D eigenvalue weighted by Gasteiger charge is -1.99. The summed E-state index contributed by atoms with van der Waals surface area (Å²) >= 11 is 0. The van der Waals surface area contributed by atoms with Gasteiger partial charge < -0.3 is 9.97 Å². The molecule has 2 N–H and O–H groups in total. The van der Waals surface area contributed by atoms with Crippen LogP contribution < -0.4 is 0 Å². The smallest absolute Gasteiger partial charge is 0.252 e. The molecule has 28 heavy (non-hydrogen) atoms. The monoisotopic (exact) mass is 371 g/mol. The average molecular weight is 371 g/mol. The van der Waals surface area contributed by atoms with Crippen LogP contribution in [0.25, 0.3) is 27.5 Å². The minimum Gasteiger partial charge on any atom is -0.324 e. The molecule has 0 fully saturated rings. The molecule has 5 aromatic rings. The van der Waals surface area contributed by atoms with Crippen molar-refractivity contribution in [3.8, 4) is 5.95 Å². The third kappa shape index (κ3) is 2.36. The second kappa shape index (κ2) is 5.85. The molecule has 0 aliphatic rings. The first-order valence-electron chi connectivity index (χ1n) is 8.38. The van der Waals surface area contributed by atoms with Crippen molar-refractivity contribution >= 4 is 33.9 Å². The summed E-state index contributed by atoms with van der Waals surface area (Å²) in [6, 6.07) is 7.63. The summed E-state index contributed by atoms with van der Waals surface area (Å²) in [6.07, 6.45) is 1.44. The van der Waals surface area contributed by atoms with Gasteiger partial charge in [0, 0.05) is 0 Å². The van der Waals surface area contributed by atoms with E-state index in [4.69, 9.17) is 6.57 Å². The zero-order chi connectivity index (χ0) is 19.3. The van der Waals surface area contributed by atoms with E-state index in [1.807, 2.05) is 38.1 Å². The number of hydrogen-bond acceptors (Lipinski definition) is 6. The second-order valence-electron chi connectivity index (χ2n) is 6.14. The molecule has 0 amide bonds. The number of nitrogens with one attached hydrogen (secondary N) is 2. The summed E-state index contributed by atoms with van der Waals surface area (Å²) in [7, 11) is 0. The minimum atomic E-state index is 0.270. The molecular weight excluding hydrogens is 358 g/mol. The quantitative estimate of drug-likeness (QED) is 0.371. The van der Waals surface area contributed by atoms with Gasteiger partial charge in [-0.05, 0) is 26.0 Å². The third-order valence-corrected chi connectivity index (χ3v) is 4.22. The molecule has 136 valence electrons. The molecule has 0 spiro atoms. The lowest BCUT2D eigenvalue weighted by molar-refractivity contribution is 0.793. The van der Waals surface area contributed by atoms with Crippen molar-refractivity contribution in [1.82, 2.24) is 39.6 Å². The number of aromatic amines is 2. The van der Waals surface area contributed by atoms with Crippen LogP contribution in [0.15, 0.2) is 40.7 Å². The van der Waals surface area contributed by atoms with Crippen LogP contribution in [0.2, 0.25) is 0 Å². The fourth-order valence-electron chi connectivity index (χ4n) is 2.94. The molecule has 0 saturated carbocycles. The Hall–Kier alpha value is -4.33. The molecule has 11 heteroatoms. The number of aromatic nitrogens is 8. The Balaban J connectivity index is 1.63. The molecular formula is C17H13N11. The molecule has 4 aromatic heterocycles. The van der Waals surface area contributed by atoms with Crippen LogP contribution >= 0.6 is 0 Å². The van der Waals surface area contributed by atoms with Crippen molar-refractivity contribution in [3.05, 3.63) is 53.4 Å². The summed E-state index contributed by atoms with van der Waals surface area (Å²) in [5, 5.41) is 21.4. The largest absolute Gasteiger partial charge is 0.324 e. The van der Waals surface area contributed by atoms with Crippen LogP contribution in [0, 0.1) is 20.4 Å². The average Bonchev–Trinajstić information content (AvgIpc) is 3.41. The topological polar surface area (TPSA) is 122 Å². The number of rotatable bonds is 3. The number of nitrogens with zero attached hydrogens (tertiary/aromatic N) is 9. The van der Waals surface area contributed by atoms with E-state index in [9.17, 15) is 0 Å². The van der Waals surface area contributed by atoms with E-state index in [1.54, 1.807) is 0 Å². The lowest BCUT2D eigenvalue weighted by Crippen LogP contribution is -1.97. The van der Waals surface area contributed by atoms with Crippen molar-refractivity contribution in [1.29, 1.82) is 0 Å². The van der Waals surface area contributed by atoms with E-state index in [2.05, 4.69) is 45.3 Å². The van der Waals surface area contributed by atoms with Gasteiger partial charge in [0.05, 0.1) is 29.5 Å². The van der Waals surface area contributed by atoms with Gasteiger partial charge in [-0.15, -0.1) is 20.0 Å². The number of hydrogen-bond donors (Lipinski definition) is 2. The number of benzene rings is 1. The van der Waals surface area contributed by atoms with Crippen LogP contribution in [0.5, 0.6) is 0 Å². The Bertz CT molecular complexity index is 1370. The highest BCUT2D eigenvalue weighted by Gasteiger charge is 2.17. The Morgan fingerprint density at radius 1 is 1.11 bits per heavy atom. The van der Waals surface area contributed by atoms with Gasteiger partial charge in [-0.25, -0.2) is 9.83 Å². The van der Waals surface area contributed by atoms with Crippen molar-refractivity contribution in [2.75, 3.05) is 0 Å².